The van der Waals surface area contributed by atoms with Gasteiger partial charge in [0, 0.05) is 0 Å². The Balaban J connectivity index is 2.31. The molecular formula is C10H17NOS. The van der Waals surface area contributed by atoms with Crippen molar-refractivity contribution < 1.29 is 4.42 Å². The first-order valence-corrected chi connectivity index (χ1v) is 6.03. The molecule has 0 atom stereocenters. The van der Waals surface area contributed by atoms with Crippen LogP contribution in [-0.2, 0) is 12.3 Å². The van der Waals surface area contributed by atoms with Crippen molar-refractivity contribution in [2.24, 2.45) is 0 Å². The molecule has 0 aliphatic heterocycles. The third-order valence-electron chi connectivity index (χ3n) is 1.73. The molecule has 1 N–H and O–H groups in total. The van der Waals surface area contributed by atoms with E-state index in [1.54, 1.807) is 11.8 Å². The molecule has 1 heterocycles. The maximum Gasteiger partial charge on any atom is 0.117 e. The van der Waals surface area contributed by atoms with Gasteiger partial charge in [-0.3, -0.25) is 0 Å². The Hall–Kier alpha value is -0.410. The van der Waals surface area contributed by atoms with Gasteiger partial charge in [-0.05, 0) is 31.4 Å². The van der Waals surface area contributed by atoms with Gasteiger partial charge in [-0.2, -0.15) is 11.8 Å². The van der Waals surface area contributed by atoms with Crippen molar-refractivity contribution in [2.45, 2.75) is 25.6 Å². The minimum atomic E-state index is 0.849. The molecule has 0 fully saturated rings. The lowest BCUT2D eigenvalue weighted by molar-refractivity contribution is 0.459. The smallest absolute Gasteiger partial charge is 0.117 e. The molecule has 3 heteroatoms. The third kappa shape index (κ3) is 3.87. The van der Waals surface area contributed by atoms with Crippen molar-refractivity contribution in [3.8, 4) is 0 Å². The van der Waals surface area contributed by atoms with Crippen LogP contribution in [-0.4, -0.2) is 12.8 Å². The van der Waals surface area contributed by atoms with Gasteiger partial charge in [0.2, 0.25) is 0 Å². The van der Waals surface area contributed by atoms with Crippen LogP contribution in [0.1, 0.15) is 24.9 Å². The molecule has 0 aliphatic rings. The number of furan rings is 1. The van der Waals surface area contributed by atoms with Crippen molar-refractivity contribution in [2.75, 3.05) is 12.8 Å². The van der Waals surface area contributed by atoms with Crippen molar-refractivity contribution in [1.82, 2.24) is 5.32 Å². The molecule has 0 radical (unpaired) electrons. The molecule has 2 nitrogen and oxygen atoms in total. The zero-order valence-electron chi connectivity index (χ0n) is 8.30. The van der Waals surface area contributed by atoms with E-state index in [1.165, 1.54) is 6.42 Å². The van der Waals surface area contributed by atoms with Gasteiger partial charge >= 0.3 is 0 Å². The van der Waals surface area contributed by atoms with Crippen LogP contribution in [0.3, 0.4) is 0 Å². The highest BCUT2D eigenvalue weighted by atomic mass is 32.2. The van der Waals surface area contributed by atoms with E-state index in [2.05, 4.69) is 24.6 Å². The summed E-state index contributed by atoms with van der Waals surface area (Å²) >= 11 is 1.78. The summed E-state index contributed by atoms with van der Waals surface area (Å²) in [5.74, 6) is 3.08. The van der Waals surface area contributed by atoms with Crippen molar-refractivity contribution in [3.05, 3.63) is 23.7 Å². The second-order valence-corrected chi connectivity index (χ2v) is 3.84. The van der Waals surface area contributed by atoms with Crippen molar-refractivity contribution in [1.29, 1.82) is 0 Å². The van der Waals surface area contributed by atoms with Gasteiger partial charge in [-0.25, -0.2) is 0 Å². The summed E-state index contributed by atoms with van der Waals surface area (Å²) in [6.45, 7) is 4.06. The van der Waals surface area contributed by atoms with Crippen LogP contribution in [0, 0.1) is 0 Å². The van der Waals surface area contributed by atoms with E-state index in [0.29, 0.717) is 0 Å². The lowest BCUT2D eigenvalue weighted by atomic mass is 10.4. The summed E-state index contributed by atoms with van der Waals surface area (Å²) in [6, 6.07) is 4.10. The Morgan fingerprint density at radius 3 is 2.85 bits per heavy atom. The van der Waals surface area contributed by atoms with Crippen LogP contribution >= 0.6 is 11.8 Å². The van der Waals surface area contributed by atoms with E-state index in [9.17, 15) is 0 Å². The van der Waals surface area contributed by atoms with Crippen LogP contribution in [0.25, 0.3) is 0 Å². The van der Waals surface area contributed by atoms with E-state index in [-0.39, 0.29) is 0 Å². The zero-order valence-corrected chi connectivity index (χ0v) is 9.12. The van der Waals surface area contributed by atoms with E-state index in [0.717, 1.165) is 30.4 Å². The van der Waals surface area contributed by atoms with Crippen LogP contribution in [0.2, 0.25) is 0 Å². The summed E-state index contributed by atoms with van der Waals surface area (Å²) in [7, 11) is 0. The molecule has 0 bridgehead atoms. The standard InChI is InChI=1S/C10H17NOS/c1-3-6-11-7-9-4-5-10(12-9)8-13-2/h4-5,11H,3,6-8H2,1-2H3. The fraction of sp³-hybridized carbons (Fsp3) is 0.600. The van der Waals surface area contributed by atoms with Gasteiger partial charge in [-0.15, -0.1) is 0 Å². The average molecular weight is 199 g/mol. The monoisotopic (exact) mass is 199 g/mol. The molecule has 1 aromatic rings. The second-order valence-electron chi connectivity index (χ2n) is 2.98. The van der Waals surface area contributed by atoms with E-state index in [1.807, 2.05) is 6.07 Å². The lowest BCUT2D eigenvalue weighted by Crippen LogP contribution is -2.12. The summed E-state index contributed by atoms with van der Waals surface area (Å²) in [5, 5.41) is 3.31. The molecule has 1 rings (SSSR count). The Bertz CT molecular complexity index is 235. The minimum absolute atomic E-state index is 0.849. The Kier molecular flexibility index (Phi) is 5.01. The summed E-state index contributed by atoms with van der Waals surface area (Å²) in [5.41, 5.74) is 0. The maximum absolute atomic E-state index is 5.59. The molecule has 74 valence electrons. The number of hydrogen-bond donors (Lipinski definition) is 1. The molecule has 0 saturated carbocycles. The zero-order chi connectivity index (χ0) is 9.52. The molecule has 0 amide bonds. The normalized spacial score (nSPS) is 10.6. The van der Waals surface area contributed by atoms with Gasteiger partial charge in [0.1, 0.15) is 11.5 Å². The van der Waals surface area contributed by atoms with Crippen LogP contribution < -0.4 is 5.32 Å². The minimum Gasteiger partial charge on any atom is -0.464 e. The lowest BCUT2D eigenvalue weighted by Gasteiger charge is -1.98. The van der Waals surface area contributed by atoms with Gasteiger partial charge < -0.3 is 9.73 Å². The number of hydrogen-bond acceptors (Lipinski definition) is 3. The summed E-state index contributed by atoms with van der Waals surface area (Å²) < 4.78 is 5.59. The quantitative estimate of drug-likeness (QED) is 0.713. The Labute approximate surface area is 84.1 Å². The molecule has 0 saturated heterocycles. The highest BCUT2D eigenvalue weighted by Gasteiger charge is 1.99. The van der Waals surface area contributed by atoms with Gasteiger partial charge in [0.25, 0.3) is 0 Å². The molecule has 0 aromatic carbocycles. The highest BCUT2D eigenvalue weighted by Crippen LogP contribution is 2.12. The third-order valence-corrected chi connectivity index (χ3v) is 2.30. The predicted octanol–water partition coefficient (Wildman–Crippen LogP) is 2.64. The van der Waals surface area contributed by atoms with Gasteiger partial charge in [-0.1, -0.05) is 6.92 Å². The van der Waals surface area contributed by atoms with Crippen molar-refractivity contribution in [3.63, 3.8) is 0 Å². The SMILES string of the molecule is CCCNCc1ccc(CSC)o1. The van der Waals surface area contributed by atoms with Crippen LogP contribution in [0.5, 0.6) is 0 Å². The highest BCUT2D eigenvalue weighted by molar-refractivity contribution is 7.97. The number of rotatable bonds is 6. The van der Waals surface area contributed by atoms with Gasteiger partial charge in [0.15, 0.2) is 0 Å². The van der Waals surface area contributed by atoms with Crippen LogP contribution in [0.15, 0.2) is 16.5 Å². The number of thioether (sulfide) groups is 1. The Morgan fingerprint density at radius 1 is 1.38 bits per heavy atom. The molecule has 0 unspecified atom stereocenters. The fourth-order valence-corrected chi connectivity index (χ4v) is 1.57. The fourth-order valence-electron chi connectivity index (χ4n) is 1.13. The Morgan fingerprint density at radius 2 is 2.15 bits per heavy atom. The van der Waals surface area contributed by atoms with E-state index < -0.39 is 0 Å². The van der Waals surface area contributed by atoms with Crippen LogP contribution in [0.4, 0.5) is 0 Å². The summed E-state index contributed by atoms with van der Waals surface area (Å²) in [4.78, 5) is 0. The molecule has 13 heavy (non-hydrogen) atoms. The van der Waals surface area contributed by atoms with E-state index >= 15 is 0 Å². The average Bonchev–Trinajstić information content (AvgIpc) is 2.54. The molecule has 0 spiro atoms. The summed E-state index contributed by atoms with van der Waals surface area (Å²) in [6.07, 6.45) is 3.25. The maximum atomic E-state index is 5.59. The largest absolute Gasteiger partial charge is 0.464 e. The predicted molar refractivity (Wildman–Crippen MR) is 57.9 cm³/mol. The van der Waals surface area contributed by atoms with E-state index in [4.69, 9.17) is 4.42 Å². The molecule has 1 aromatic heterocycles. The first-order chi connectivity index (χ1) is 6.36. The topological polar surface area (TPSA) is 25.2 Å². The molecule has 0 aliphatic carbocycles. The first-order valence-electron chi connectivity index (χ1n) is 4.64. The molecular weight excluding hydrogens is 182 g/mol. The number of nitrogens with one attached hydrogen (secondary N) is 1. The van der Waals surface area contributed by atoms with Crippen molar-refractivity contribution >= 4 is 11.8 Å². The second kappa shape index (κ2) is 6.11. The van der Waals surface area contributed by atoms with Gasteiger partial charge in [0.05, 0.1) is 12.3 Å². The first kappa shape index (κ1) is 10.7.